The van der Waals surface area contributed by atoms with Gasteiger partial charge in [0.05, 0.1) is 0 Å². The first-order chi connectivity index (χ1) is 3.79. The summed E-state index contributed by atoms with van der Waals surface area (Å²) in [5.74, 6) is 3.59. The maximum atomic E-state index is 2.53. The quantitative estimate of drug-likeness (QED) is 0.492. The van der Waals surface area contributed by atoms with Crippen molar-refractivity contribution in [2.75, 3.05) is 0 Å². The van der Waals surface area contributed by atoms with E-state index in [1.807, 2.05) is 0 Å². The van der Waals surface area contributed by atoms with Gasteiger partial charge in [-0.3, -0.25) is 0 Å². The maximum absolute atomic E-state index is 2.53. The molecule has 0 aliphatic carbocycles. The van der Waals surface area contributed by atoms with Crippen LogP contribution in [0, 0.1) is 5.92 Å². The molecule has 0 aromatic rings. The van der Waals surface area contributed by atoms with Gasteiger partial charge >= 0.3 is 56.3 Å². The molecule has 0 N–H and O–H groups in total. The van der Waals surface area contributed by atoms with E-state index in [2.05, 4.69) is 12.7 Å². The van der Waals surface area contributed by atoms with E-state index in [1.54, 1.807) is 23.3 Å². The molecule has 1 radical (unpaired) electrons. The molecule has 0 nitrogen and oxygen atoms in total. The fourth-order valence-corrected chi connectivity index (χ4v) is 5.92. The van der Waals surface area contributed by atoms with E-state index < -0.39 is 0 Å². The van der Waals surface area contributed by atoms with E-state index in [0.717, 1.165) is 5.92 Å². The zero-order valence-electron chi connectivity index (χ0n) is 5.91. The second-order valence-corrected chi connectivity index (χ2v) is 9.25. The van der Waals surface area contributed by atoms with Crippen molar-refractivity contribution < 1.29 is 0 Å². The van der Waals surface area contributed by atoms with Crippen LogP contribution in [0.2, 0.25) is 16.3 Å². The van der Waals surface area contributed by atoms with E-state index in [9.17, 15) is 0 Å². The van der Waals surface area contributed by atoms with Gasteiger partial charge in [-0.2, -0.15) is 0 Å². The van der Waals surface area contributed by atoms with Gasteiger partial charge in [-0.25, -0.2) is 0 Å². The van der Waals surface area contributed by atoms with Crippen LogP contribution in [-0.2, 0) is 0 Å². The fraction of sp³-hybridized carbons (Fsp3) is 1.00. The van der Waals surface area contributed by atoms with Crippen LogP contribution in [-0.4, -0.2) is 14.3 Å². The number of hydrogen-bond acceptors (Lipinski definition) is 0. The van der Waals surface area contributed by atoms with Gasteiger partial charge in [0.1, 0.15) is 0 Å². The van der Waals surface area contributed by atoms with Crippen LogP contribution in [0.3, 0.4) is 0 Å². The van der Waals surface area contributed by atoms with Gasteiger partial charge in [-0.05, 0) is 0 Å². The Morgan fingerprint density at radius 3 is 2.12 bits per heavy atom. The summed E-state index contributed by atoms with van der Waals surface area (Å²) >= 11 is -0.364. The van der Waals surface area contributed by atoms with Crippen LogP contribution >= 0.6 is 0 Å². The molecule has 0 spiro atoms. The van der Waals surface area contributed by atoms with Gasteiger partial charge in [-0.15, -0.1) is 0 Å². The van der Waals surface area contributed by atoms with Crippen molar-refractivity contribution in [1.82, 2.24) is 0 Å². The molecule has 0 aromatic heterocycles. The van der Waals surface area contributed by atoms with Crippen molar-refractivity contribution >= 4 is 14.3 Å². The molecule has 1 heteroatoms. The Balaban J connectivity index is 2.19. The van der Waals surface area contributed by atoms with Crippen LogP contribution in [0.25, 0.3) is 0 Å². The zero-order valence-corrected chi connectivity index (χ0v) is 8.00. The normalized spacial score (nSPS) is 26.2. The third-order valence-electron chi connectivity index (χ3n) is 2.13. The average molecular weight is 172 g/mol. The monoisotopic (exact) mass is 173 g/mol. The summed E-state index contributed by atoms with van der Waals surface area (Å²) < 4.78 is 0. The van der Waals surface area contributed by atoms with Gasteiger partial charge in [0.2, 0.25) is 0 Å². The average Bonchev–Trinajstić information content (AvgIpc) is 1.77. The Morgan fingerprint density at radius 1 is 1.25 bits per heavy atom. The van der Waals surface area contributed by atoms with Crippen molar-refractivity contribution in [1.29, 1.82) is 0 Å². The summed E-state index contributed by atoms with van der Waals surface area (Å²) in [7, 11) is 0. The van der Waals surface area contributed by atoms with E-state index in [1.165, 1.54) is 0 Å². The SMILES string of the molecule is CC1C[CH2][Ge]([CH3])[CH2]C1. The molecule has 1 heterocycles. The molecular formula is C7H15Ge. The second-order valence-electron chi connectivity index (χ2n) is 3.14. The molecular weight excluding hydrogens is 157 g/mol. The summed E-state index contributed by atoms with van der Waals surface area (Å²) in [6.45, 7) is 2.39. The van der Waals surface area contributed by atoms with Crippen molar-refractivity contribution in [2.45, 2.75) is 36.0 Å². The van der Waals surface area contributed by atoms with Gasteiger partial charge in [0, 0.05) is 0 Å². The Bertz CT molecular complexity index is 52.8. The first-order valence-corrected chi connectivity index (χ1v) is 8.67. The molecule has 8 heavy (non-hydrogen) atoms. The standard InChI is InChI=1S/C7H15Ge/c1-7-3-5-8(2)6-4-7/h7H,3-6H2,1-2H3. The van der Waals surface area contributed by atoms with Crippen LogP contribution in [0.15, 0.2) is 0 Å². The Hall–Kier alpha value is 0.543. The number of hydrogen-bond donors (Lipinski definition) is 0. The predicted octanol–water partition coefficient (Wildman–Crippen LogP) is 2.54. The molecule has 1 aliphatic heterocycles. The van der Waals surface area contributed by atoms with Gasteiger partial charge in [0.15, 0.2) is 0 Å². The van der Waals surface area contributed by atoms with Crippen molar-refractivity contribution in [3.63, 3.8) is 0 Å². The van der Waals surface area contributed by atoms with Gasteiger partial charge in [0.25, 0.3) is 0 Å². The molecule has 0 atom stereocenters. The summed E-state index contributed by atoms with van der Waals surface area (Å²) in [5.41, 5.74) is 0. The van der Waals surface area contributed by atoms with E-state index in [4.69, 9.17) is 0 Å². The molecule has 0 unspecified atom stereocenters. The summed E-state index contributed by atoms with van der Waals surface area (Å²) in [5, 5.41) is 3.28. The second kappa shape index (κ2) is 2.91. The van der Waals surface area contributed by atoms with Gasteiger partial charge < -0.3 is 0 Å². The summed E-state index contributed by atoms with van der Waals surface area (Å²) in [6.07, 6.45) is 3.09. The van der Waals surface area contributed by atoms with Crippen molar-refractivity contribution in [3.05, 3.63) is 0 Å². The molecule has 0 amide bonds. The van der Waals surface area contributed by atoms with Crippen molar-refractivity contribution in [3.8, 4) is 0 Å². The van der Waals surface area contributed by atoms with Crippen LogP contribution in [0.5, 0.6) is 0 Å². The Kier molecular flexibility index (Phi) is 2.42. The summed E-state index contributed by atoms with van der Waals surface area (Å²) in [4.78, 5) is 0. The third kappa shape index (κ3) is 1.81. The van der Waals surface area contributed by atoms with E-state index in [-0.39, 0.29) is 14.3 Å². The van der Waals surface area contributed by atoms with Gasteiger partial charge in [-0.1, -0.05) is 0 Å². The Morgan fingerprint density at radius 2 is 1.75 bits per heavy atom. The molecule has 1 aliphatic rings. The van der Waals surface area contributed by atoms with E-state index in [0.29, 0.717) is 0 Å². The first-order valence-electron chi connectivity index (χ1n) is 3.60. The molecule has 0 bridgehead atoms. The number of rotatable bonds is 0. The van der Waals surface area contributed by atoms with Crippen LogP contribution in [0.4, 0.5) is 0 Å². The summed E-state index contributed by atoms with van der Waals surface area (Å²) in [6, 6.07) is 0. The topological polar surface area (TPSA) is 0 Å². The molecule has 0 saturated carbocycles. The third-order valence-corrected chi connectivity index (χ3v) is 6.92. The minimum atomic E-state index is -0.364. The van der Waals surface area contributed by atoms with E-state index >= 15 is 0 Å². The molecule has 1 fully saturated rings. The molecule has 1 rings (SSSR count). The Labute approximate surface area is 56.8 Å². The zero-order chi connectivity index (χ0) is 5.98. The van der Waals surface area contributed by atoms with Crippen LogP contribution in [0.1, 0.15) is 19.8 Å². The minimum absolute atomic E-state index is 0.364. The fourth-order valence-electron chi connectivity index (χ4n) is 1.25. The first kappa shape index (κ1) is 6.66. The van der Waals surface area contributed by atoms with Crippen LogP contribution < -0.4 is 0 Å². The molecule has 1 saturated heterocycles. The predicted molar refractivity (Wildman–Crippen MR) is 39.6 cm³/mol. The molecule has 0 aromatic carbocycles. The molecule has 47 valence electrons. The van der Waals surface area contributed by atoms with Crippen molar-refractivity contribution in [2.24, 2.45) is 5.92 Å².